The van der Waals surface area contributed by atoms with Crippen LogP contribution < -0.4 is 9.62 Å². The Morgan fingerprint density at radius 3 is 2.35 bits per heavy atom. The molecule has 1 rings (SSSR count). The summed E-state index contributed by atoms with van der Waals surface area (Å²) in [7, 11) is -0.288. The molecular weight excluding hydrogens is 318 g/mol. The fraction of sp³-hybridized carbons (Fsp3) is 0.400. The zero-order valence-corrected chi connectivity index (χ0v) is 14.1. The summed E-state index contributed by atoms with van der Waals surface area (Å²) in [6.45, 7) is 0.612. The summed E-state index contributed by atoms with van der Waals surface area (Å²) in [6, 6.07) is 8.81. The van der Waals surface area contributed by atoms with Crippen LogP contribution in [0, 0.1) is 11.3 Å². The van der Waals surface area contributed by atoms with Gasteiger partial charge < -0.3 is 15.1 Å². The molecule has 0 aliphatic carbocycles. The van der Waals surface area contributed by atoms with E-state index in [4.69, 9.17) is 5.11 Å². The van der Waals surface area contributed by atoms with Crippen molar-refractivity contribution in [2.24, 2.45) is 0 Å². The number of anilines is 1. The molecule has 0 spiro atoms. The minimum absolute atomic E-state index is 0.309. The second kappa shape index (κ2) is 8.08. The molecule has 7 nitrogen and oxygen atoms in total. The predicted octanol–water partition coefficient (Wildman–Crippen LogP) is 0.280. The second-order valence-corrected chi connectivity index (χ2v) is 6.90. The lowest BCUT2D eigenvalue weighted by Gasteiger charge is -2.14. The SMILES string of the molecule is C/C(=C(/C#N)S(=O)(=O)NCC(O)CO)c1ccc(N(C)C)cc1. The van der Waals surface area contributed by atoms with Crippen molar-refractivity contribution in [1.29, 1.82) is 5.26 Å². The van der Waals surface area contributed by atoms with Gasteiger partial charge in [-0.05, 0) is 30.2 Å². The first kappa shape index (κ1) is 19.1. The Morgan fingerprint density at radius 2 is 1.91 bits per heavy atom. The van der Waals surface area contributed by atoms with Gasteiger partial charge in [-0.2, -0.15) is 5.26 Å². The number of nitrogens with one attached hydrogen (secondary N) is 1. The highest BCUT2D eigenvalue weighted by Gasteiger charge is 2.22. The average molecular weight is 339 g/mol. The first-order valence-electron chi connectivity index (χ1n) is 6.90. The molecule has 1 aromatic rings. The lowest BCUT2D eigenvalue weighted by atomic mass is 10.1. The second-order valence-electron chi connectivity index (χ2n) is 5.20. The zero-order valence-electron chi connectivity index (χ0n) is 13.3. The number of nitrogens with zero attached hydrogens (tertiary/aromatic N) is 2. The van der Waals surface area contributed by atoms with Crippen LogP contribution in [-0.4, -0.2) is 52.0 Å². The molecule has 1 unspecified atom stereocenters. The Hall–Kier alpha value is -1.92. The monoisotopic (exact) mass is 339 g/mol. The Morgan fingerprint density at radius 1 is 1.35 bits per heavy atom. The molecule has 0 aliphatic heterocycles. The molecule has 0 aliphatic rings. The van der Waals surface area contributed by atoms with Gasteiger partial charge in [0, 0.05) is 26.3 Å². The predicted molar refractivity (Wildman–Crippen MR) is 89.0 cm³/mol. The van der Waals surface area contributed by atoms with E-state index in [9.17, 15) is 18.8 Å². The number of aliphatic hydroxyl groups excluding tert-OH is 2. The molecule has 1 aromatic carbocycles. The van der Waals surface area contributed by atoms with E-state index in [0.29, 0.717) is 11.1 Å². The van der Waals surface area contributed by atoms with Crippen molar-refractivity contribution in [3.63, 3.8) is 0 Å². The third kappa shape index (κ3) is 5.04. The molecule has 1 atom stereocenters. The Labute approximate surface area is 136 Å². The van der Waals surface area contributed by atoms with Crippen LogP contribution >= 0.6 is 0 Å². The number of hydrogen-bond acceptors (Lipinski definition) is 6. The maximum Gasteiger partial charge on any atom is 0.251 e. The van der Waals surface area contributed by atoms with Crippen molar-refractivity contribution in [2.75, 3.05) is 32.1 Å². The van der Waals surface area contributed by atoms with Crippen LogP contribution in [0.15, 0.2) is 29.2 Å². The van der Waals surface area contributed by atoms with Gasteiger partial charge in [0.2, 0.25) is 0 Å². The number of allylic oxidation sites excluding steroid dienone is 2. The largest absolute Gasteiger partial charge is 0.394 e. The number of benzene rings is 1. The van der Waals surface area contributed by atoms with E-state index in [2.05, 4.69) is 4.72 Å². The van der Waals surface area contributed by atoms with E-state index in [0.717, 1.165) is 5.69 Å². The molecule has 0 amide bonds. The van der Waals surface area contributed by atoms with Crippen molar-refractivity contribution in [3.8, 4) is 6.07 Å². The van der Waals surface area contributed by atoms with Crippen molar-refractivity contribution in [3.05, 3.63) is 34.7 Å². The van der Waals surface area contributed by atoms with E-state index < -0.39 is 27.6 Å². The van der Waals surface area contributed by atoms with E-state index in [-0.39, 0.29) is 6.54 Å². The van der Waals surface area contributed by atoms with Gasteiger partial charge in [-0.25, -0.2) is 13.1 Å². The molecule has 0 bridgehead atoms. The van der Waals surface area contributed by atoms with Gasteiger partial charge in [0.15, 0.2) is 4.91 Å². The molecule has 0 saturated heterocycles. The summed E-state index contributed by atoms with van der Waals surface area (Å²) in [4.78, 5) is 1.49. The number of rotatable bonds is 7. The molecule has 3 N–H and O–H groups in total. The summed E-state index contributed by atoms with van der Waals surface area (Å²) in [5.41, 5.74) is 1.87. The van der Waals surface area contributed by atoms with E-state index in [1.165, 1.54) is 0 Å². The van der Waals surface area contributed by atoms with Gasteiger partial charge >= 0.3 is 0 Å². The Kier molecular flexibility index (Phi) is 6.72. The number of hydrogen-bond donors (Lipinski definition) is 3. The summed E-state index contributed by atoms with van der Waals surface area (Å²) in [6.07, 6.45) is -1.22. The third-order valence-electron chi connectivity index (χ3n) is 3.25. The van der Waals surface area contributed by atoms with E-state index in [1.807, 2.05) is 31.1 Å². The Bertz CT molecular complexity index is 703. The highest BCUT2D eigenvalue weighted by molar-refractivity contribution is 7.93. The molecule has 126 valence electrons. The van der Waals surface area contributed by atoms with Gasteiger partial charge in [0.25, 0.3) is 10.0 Å². The van der Waals surface area contributed by atoms with Crippen molar-refractivity contribution in [2.45, 2.75) is 13.0 Å². The molecule has 0 radical (unpaired) electrons. The highest BCUT2D eigenvalue weighted by atomic mass is 32.2. The first-order chi connectivity index (χ1) is 10.7. The summed E-state index contributed by atoms with van der Waals surface area (Å²) >= 11 is 0. The van der Waals surface area contributed by atoms with E-state index >= 15 is 0 Å². The van der Waals surface area contributed by atoms with Crippen LogP contribution in [0.25, 0.3) is 5.57 Å². The maximum atomic E-state index is 12.2. The Balaban J connectivity index is 3.14. The van der Waals surface area contributed by atoms with Crippen LogP contribution in [-0.2, 0) is 10.0 Å². The summed E-state index contributed by atoms with van der Waals surface area (Å²) < 4.78 is 26.5. The van der Waals surface area contributed by atoms with Crippen molar-refractivity contribution in [1.82, 2.24) is 4.72 Å². The van der Waals surface area contributed by atoms with Gasteiger partial charge in [0.05, 0.1) is 12.7 Å². The average Bonchev–Trinajstić information content (AvgIpc) is 2.53. The summed E-state index contributed by atoms with van der Waals surface area (Å²) in [5.74, 6) is 0. The topological polar surface area (TPSA) is 114 Å². The van der Waals surface area contributed by atoms with Crippen LogP contribution in [0.2, 0.25) is 0 Å². The van der Waals surface area contributed by atoms with Crippen LogP contribution in [0.4, 0.5) is 5.69 Å². The lowest BCUT2D eigenvalue weighted by molar-refractivity contribution is 0.0989. The molecular formula is C15H21N3O4S. The molecule has 0 heterocycles. The molecule has 23 heavy (non-hydrogen) atoms. The fourth-order valence-electron chi connectivity index (χ4n) is 1.83. The minimum atomic E-state index is -4.06. The smallest absolute Gasteiger partial charge is 0.251 e. The minimum Gasteiger partial charge on any atom is -0.394 e. The van der Waals surface area contributed by atoms with Gasteiger partial charge in [0.1, 0.15) is 6.07 Å². The van der Waals surface area contributed by atoms with Gasteiger partial charge in [-0.1, -0.05) is 12.1 Å². The molecule has 0 aromatic heterocycles. The highest BCUT2D eigenvalue weighted by Crippen LogP contribution is 2.23. The van der Waals surface area contributed by atoms with Crippen LogP contribution in [0.3, 0.4) is 0 Å². The molecule has 8 heteroatoms. The van der Waals surface area contributed by atoms with Crippen molar-refractivity contribution >= 4 is 21.3 Å². The standard InChI is InChI=1S/C15H21N3O4S/c1-11(12-4-6-13(7-5-12)18(2)3)15(8-16)23(21,22)17-9-14(20)10-19/h4-7,14,17,19-20H,9-10H2,1-3H3/b15-11+. The van der Waals surface area contributed by atoms with Crippen molar-refractivity contribution < 1.29 is 18.6 Å². The first-order valence-corrected chi connectivity index (χ1v) is 8.38. The number of nitriles is 1. The van der Waals surface area contributed by atoms with E-state index in [1.54, 1.807) is 25.1 Å². The number of sulfonamides is 1. The maximum absolute atomic E-state index is 12.2. The number of aliphatic hydroxyl groups is 2. The molecule has 0 fully saturated rings. The quantitative estimate of drug-likeness (QED) is 0.615. The third-order valence-corrected chi connectivity index (χ3v) is 4.73. The zero-order chi connectivity index (χ0) is 17.6. The van der Waals surface area contributed by atoms with Crippen LogP contribution in [0.5, 0.6) is 0 Å². The van der Waals surface area contributed by atoms with Crippen LogP contribution in [0.1, 0.15) is 12.5 Å². The fourth-order valence-corrected chi connectivity index (χ4v) is 3.03. The lowest BCUT2D eigenvalue weighted by Crippen LogP contribution is -2.34. The van der Waals surface area contributed by atoms with Gasteiger partial charge in [-0.3, -0.25) is 0 Å². The van der Waals surface area contributed by atoms with Gasteiger partial charge in [-0.15, -0.1) is 0 Å². The molecule has 0 saturated carbocycles. The summed E-state index contributed by atoms with van der Waals surface area (Å²) in [5, 5.41) is 27.2. The normalized spacial score (nSPS) is 13.9.